The van der Waals surface area contributed by atoms with Gasteiger partial charge in [0.15, 0.2) is 0 Å². The van der Waals surface area contributed by atoms with Crippen LogP contribution in [0.25, 0.3) is 0 Å². The first kappa shape index (κ1) is 16.5. The number of carbonyl (C=O) groups excluding carboxylic acids is 1. The van der Waals surface area contributed by atoms with Crippen molar-refractivity contribution >= 4 is 6.09 Å². The molecule has 2 aromatic rings. The van der Waals surface area contributed by atoms with E-state index >= 15 is 0 Å². The molecule has 4 heteroatoms. The molecule has 126 valence electrons. The highest BCUT2D eigenvalue weighted by molar-refractivity contribution is 5.67. The number of nitrogens with one attached hydrogen (secondary N) is 1. The number of nitrogens with zero attached hydrogens (tertiary/aromatic N) is 1. The van der Waals surface area contributed by atoms with Crippen molar-refractivity contribution in [3.05, 3.63) is 70.8 Å². The highest BCUT2D eigenvalue weighted by Crippen LogP contribution is 2.23. The molecule has 4 nitrogen and oxygen atoms in total. The summed E-state index contributed by atoms with van der Waals surface area (Å²) in [5, 5.41) is 1.92. The minimum atomic E-state index is -0.511. The summed E-state index contributed by atoms with van der Waals surface area (Å²) in [4.78, 5) is 12.2. The number of fused-ring (bicyclic) bond motifs is 2. The monoisotopic (exact) mass is 324 g/mol. The first-order valence-electron chi connectivity index (χ1n) is 8.29. The molecule has 0 aromatic heterocycles. The summed E-state index contributed by atoms with van der Waals surface area (Å²) in [6.45, 7) is 6.91. The average molecular weight is 324 g/mol. The van der Waals surface area contributed by atoms with Gasteiger partial charge in [0.2, 0.25) is 0 Å². The van der Waals surface area contributed by atoms with E-state index < -0.39 is 11.7 Å². The number of hydrogen-bond acceptors (Lipinski definition) is 3. The lowest BCUT2D eigenvalue weighted by atomic mass is 9.94. The van der Waals surface area contributed by atoms with Crippen LogP contribution < -0.4 is 5.43 Å². The van der Waals surface area contributed by atoms with Gasteiger partial charge in [0.1, 0.15) is 5.60 Å². The molecule has 1 aliphatic heterocycles. The van der Waals surface area contributed by atoms with Gasteiger partial charge >= 0.3 is 6.09 Å². The molecule has 1 aliphatic rings. The fourth-order valence-corrected chi connectivity index (χ4v) is 2.95. The lowest BCUT2D eigenvalue weighted by Gasteiger charge is -2.29. The summed E-state index contributed by atoms with van der Waals surface area (Å²) in [5.41, 5.74) is 7.42. The van der Waals surface area contributed by atoms with Crippen LogP contribution in [-0.4, -0.2) is 16.7 Å². The minimum Gasteiger partial charge on any atom is -0.443 e. The Kier molecular flexibility index (Phi) is 4.58. The van der Waals surface area contributed by atoms with Gasteiger partial charge in [0, 0.05) is 13.1 Å². The van der Waals surface area contributed by atoms with Gasteiger partial charge in [-0.15, -0.1) is 0 Å². The summed E-state index contributed by atoms with van der Waals surface area (Å²) in [6.07, 6.45) is 0.505. The third kappa shape index (κ3) is 4.15. The lowest BCUT2D eigenvalue weighted by Crippen LogP contribution is -2.44. The van der Waals surface area contributed by atoms with E-state index in [9.17, 15) is 4.79 Å². The zero-order chi connectivity index (χ0) is 17.2. The van der Waals surface area contributed by atoms with Crippen LogP contribution in [0.2, 0.25) is 0 Å². The van der Waals surface area contributed by atoms with Gasteiger partial charge in [0.05, 0.1) is 0 Å². The topological polar surface area (TPSA) is 41.6 Å². The van der Waals surface area contributed by atoms with Gasteiger partial charge in [0.25, 0.3) is 0 Å². The van der Waals surface area contributed by atoms with Gasteiger partial charge in [-0.2, -0.15) is 0 Å². The SMILES string of the molecule is CC(C)(C)OC(=O)NN1Cc2ccccc2Cc2ccccc2C1. The summed E-state index contributed by atoms with van der Waals surface area (Å²) < 4.78 is 5.40. The van der Waals surface area contributed by atoms with E-state index in [0.717, 1.165) is 6.42 Å². The Morgan fingerprint density at radius 2 is 1.38 bits per heavy atom. The Morgan fingerprint density at radius 1 is 0.917 bits per heavy atom. The second-order valence-electron chi connectivity index (χ2n) is 7.18. The van der Waals surface area contributed by atoms with Gasteiger partial charge in [-0.05, 0) is 49.4 Å². The molecule has 0 saturated carbocycles. The molecular formula is C20H24N2O2. The molecule has 0 radical (unpaired) electrons. The number of hydrazine groups is 1. The maximum Gasteiger partial charge on any atom is 0.422 e. The standard InChI is InChI=1S/C20H24N2O2/c1-20(2,3)24-19(23)21-22-13-17-10-6-4-8-15(17)12-16-9-5-7-11-18(16)14-22/h4-11H,12-14H2,1-3H3,(H,21,23). The Morgan fingerprint density at radius 3 is 1.83 bits per heavy atom. The smallest absolute Gasteiger partial charge is 0.422 e. The van der Waals surface area contributed by atoms with Gasteiger partial charge < -0.3 is 4.74 Å². The second-order valence-corrected chi connectivity index (χ2v) is 7.18. The number of benzene rings is 2. The van der Waals surface area contributed by atoms with Crippen LogP contribution in [0.1, 0.15) is 43.0 Å². The van der Waals surface area contributed by atoms with Crippen LogP contribution in [0.15, 0.2) is 48.5 Å². The Balaban J connectivity index is 1.87. The summed E-state index contributed by atoms with van der Waals surface area (Å²) >= 11 is 0. The fraction of sp³-hybridized carbons (Fsp3) is 0.350. The van der Waals surface area contributed by atoms with E-state index in [1.54, 1.807) is 0 Å². The highest BCUT2D eigenvalue weighted by Gasteiger charge is 2.21. The van der Waals surface area contributed by atoms with Crippen LogP contribution in [0, 0.1) is 0 Å². The number of carbonyl (C=O) groups is 1. The molecule has 0 spiro atoms. The second kappa shape index (κ2) is 6.65. The van der Waals surface area contributed by atoms with Crippen LogP contribution >= 0.6 is 0 Å². The molecule has 0 aliphatic carbocycles. The third-order valence-electron chi connectivity index (χ3n) is 3.99. The van der Waals surface area contributed by atoms with E-state index in [1.807, 2.05) is 37.9 Å². The van der Waals surface area contributed by atoms with Gasteiger partial charge in [-0.3, -0.25) is 5.43 Å². The van der Waals surface area contributed by atoms with Gasteiger partial charge in [-0.1, -0.05) is 48.5 Å². The molecule has 3 rings (SSSR count). The zero-order valence-corrected chi connectivity index (χ0v) is 14.5. The molecule has 1 amide bonds. The molecular weight excluding hydrogens is 300 g/mol. The van der Waals surface area contributed by atoms with E-state index in [4.69, 9.17) is 4.74 Å². The van der Waals surface area contributed by atoms with Crippen molar-refractivity contribution in [3.63, 3.8) is 0 Å². The zero-order valence-electron chi connectivity index (χ0n) is 14.5. The van der Waals surface area contributed by atoms with Crippen LogP contribution in [0.3, 0.4) is 0 Å². The first-order valence-corrected chi connectivity index (χ1v) is 8.29. The maximum absolute atomic E-state index is 12.2. The number of hydrogen-bond donors (Lipinski definition) is 1. The Hall–Kier alpha value is -2.33. The highest BCUT2D eigenvalue weighted by atomic mass is 16.6. The summed E-state index contributed by atoms with van der Waals surface area (Å²) in [5.74, 6) is 0. The predicted octanol–water partition coefficient (Wildman–Crippen LogP) is 4.03. The lowest BCUT2D eigenvalue weighted by molar-refractivity contribution is 0.0299. The van der Waals surface area contributed by atoms with Crippen molar-refractivity contribution in [2.75, 3.05) is 0 Å². The molecule has 1 heterocycles. The molecule has 1 N–H and O–H groups in total. The number of amides is 1. The molecule has 2 aromatic carbocycles. The van der Waals surface area contributed by atoms with E-state index in [0.29, 0.717) is 13.1 Å². The van der Waals surface area contributed by atoms with E-state index in [1.165, 1.54) is 22.3 Å². The Bertz CT molecular complexity index is 687. The largest absolute Gasteiger partial charge is 0.443 e. The maximum atomic E-state index is 12.2. The normalized spacial score (nSPS) is 14.8. The van der Waals surface area contributed by atoms with Gasteiger partial charge in [-0.25, -0.2) is 9.80 Å². The Labute approximate surface area is 143 Å². The number of ether oxygens (including phenoxy) is 1. The van der Waals surface area contributed by atoms with Crippen molar-refractivity contribution in [3.8, 4) is 0 Å². The summed E-state index contributed by atoms with van der Waals surface area (Å²) in [6, 6.07) is 16.8. The summed E-state index contributed by atoms with van der Waals surface area (Å²) in [7, 11) is 0. The first-order chi connectivity index (χ1) is 11.4. The van der Waals surface area contributed by atoms with Crippen molar-refractivity contribution in [2.24, 2.45) is 0 Å². The van der Waals surface area contributed by atoms with Crippen molar-refractivity contribution in [1.29, 1.82) is 0 Å². The van der Waals surface area contributed by atoms with E-state index in [-0.39, 0.29) is 0 Å². The molecule has 0 fully saturated rings. The van der Waals surface area contributed by atoms with Crippen molar-refractivity contribution < 1.29 is 9.53 Å². The fourth-order valence-electron chi connectivity index (χ4n) is 2.95. The van der Waals surface area contributed by atoms with Crippen LogP contribution in [0.5, 0.6) is 0 Å². The molecule has 0 bridgehead atoms. The molecule has 0 saturated heterocycles. The number of rotatable bonds is 1. The van der Waals surface area contributed by atoms with E-state index in [2.05, 4.69) is 41.8 Å². The minimum absolute atomic E-state index is 0.418. The molecule has 24 heavy (non-hydrogen) atoms. The van der Waals surface area contributed by atoms with Crippen LogP contribution in [0.4, 0.5) is 4.79 Å². The average Bonchev–Trinajstić information content (AvgIpc) is 2.47. The van der Waals surface area contributed by atoms with Crippen molar-refractivity contribution in [1.82, 2.24) is 10.4 Å². The quantitative estimate of drug-likeness (QED) is 0.861. The third-order valence-corrected chi connectivity index (χ3v) is 3.99. The molecule has 0 atom stereocenters. The molecule has 0 unspecified atom stereocenters. The predicted molar refractivity (Wildman–Crippen MR) is 94.3 cm³/mol. The van der Waals surface area contributed by atoms with Crippen molar-refractivity contribution in [2.45, 2.75) is 45.9 Å². The van der Waals surface area contributed by atoms with Crippen LogP contribution in [-0.2, 0) is 24.2 Å².